The summed E-state index contributed by atoms with van der Waals surface area (Å²) < 4.78 is 26.5. The summed E-state index contributed by atoms with van der Waals surface area (Å²) in [5.74, 6) is 0.474. The number of benzene rings is 1. The molecule has 8 heteroatoms. The van der Waals surface area contributed by atoms with Gasteiger partial charge in [0.2, 0.25) is 10.0 Å². The van der Waals surface area contributed by atoms with Crippen LogP contribution >= 0.6 is 0 Å². The standard InChI is InChI=1S/C16H18N4O3S/c21-16(18-15-8-4-5-9-17-15)19-10-12-20(13-11-19)24(22,23)14-6-2-1-3-7-14/h1-9H,10-13H2,(H,17,18,21). The Hall–Kier alpha value is -2.45. The topological polar surface area (TPSA) is 82.6 Å². The first-order valence-corrected chi connectivity index (χ1v) is 9.03. The van der Waals surface area contributed by atoms with Gasteiger partial charge in [-0.15, -0.1) is 0 Å². The van der Waals surface area contributed by atoms with E-state index in [0.29, 0.717) is 18.9 Å². The van der Waals surface area contributed by atoms with E-state index in [1.54, 1.807) is 59.6 Å². The first-order chi connectivity index (χ1) is 11.6. The van der Waals surface area contributed by atoms with Crippen LogP contribution in [0.2, 0.25) is 0 Å². The van der Waals surface area contributed by atoms with Crippen molar-refractivity contribution in [3.63, 3.8) is 0 Å². The van der Waals surface area contributed by atoms with Crippen molar-refractivity contribution in [3.05, 3.63) is 54.7 Å². The van der Waals surface area contributed by atoms with Gasteiger partial charge in [0.25, 0.3) is 0 Å². The predicted octanol–water partition coefficient (Wildman–Crippen LogP) is 1.62. The predicted molar refractivity (Wildman–Crippen MR) is 90.0 cm³/mol. The van der Waals surface area contributed by atoms with Crippen LogP contribution < -0.4 is 5.32 Å². The molecule has 1 aromatic heterocycles. The number of pyridine rings is 1. The van der Waals surface area contributed by atoms with Crippen molar-refractivity contribution in [3.8, 4) is 0 Å². The molecule has 7 nitrogen and oxygen atoms in total. The molecule has 3 rings (SSSR count). The molecule has 0 unspecified atom stereocenters. The van der Waals surface area contributed by atoms with Crippen LogP contribution in [0.3, 0.4) is 0 Å². The van der Waals surface area contributed by atoms with Gasteiger partial charge in [0.15, 0.2) is 0 Å². The number of carbonyl (C=O) groups excluding carboxylic acids is 1. The fourth-order valence-corrected chi connectivity index (χ4v) is 3.94. The number of hydrogen-bond donors (Lipinski definition) is 1. The number of hydrogen-bond acceptors (Lipinski definition) is 4. The first kappa shape index (κ1) is 16.4. The summed E-state index contributed by atoms with van der Waals surface area (Å²) in [6.07, 6.45) is 1.60. The molecule has 1 aliphatic rings. The van der Waals surface area contributed by atoms with Crippen LogP contribution in [-0.2, 0) is 10.0 Å². The van der Waals surface area contributed by atoms with Gasteiger partial charge in [-0.25, -0.2) is 18.2 Å². The van der Waals surface area contributed by atoms with E-state index in [9.17, 15) is 13.2 Å². The number of anilines is 1. The Labute approximate surface area is 141 Å². The third-order valence-corrected chi connectivity index (χ3v) is 5.72. The number of piperazine rings is 1. The summed E-state index contributed by atoms with van der Waals surface area (Å²) in [4.78, 5) is 18.1. The number of nitrogens with zero attached hydrogens (tertiary/aromatic N) is 3. The van der Waals surface area contributed by atoms with E-state index in [1.165, 1.54) is 4.31 Å². The maximum atomic E-state index is 12.6. The summed E-state index contributed by atoms with van der Waals surface area (Å²) in [5, 5.41) is 2.70. The van der Waals surface area contributed by atoms with Gasteiger partial charge in [0, 0.05) is 32.4 Å². The number of sulfonamides is 1. The number of aromatic nitrogens is 1. The Balaban J connectivity index is 1.61. The maximum Gasteiger partial charge on any atom is 0.323 e. The summed E-state index contributed by atoms with van der Waals surface area (Å²) in [6.45, 7) is 1.22. The van der Waals surface area contributed by atoms with E-state index >= 15 is 0 Å². The number of amides is 2. The van der Waals surface area contributed by atoms with Crippen LogP contribution in [0.25, 0.3) is 0 Å². The van der Waals surface area contributed by atoms with E-state index in [2.05, 4.69) is 10.3 Å². The summed E-state index contributed by atoms with van der Waals surface area (Å²) in [5.41, 5.74) is 0. The summed E-state index contributed by atoms with van der Waals surface area (Å²) >= 11 is 0. The minimum Gasteiger partial charge on any atom is -0.322 e. The van der Waals surface area contributed by atoms with Crippen molar-refractivity contribution in [2.45, 2.75) is 4.90 Å². The van der Waals surface area contributed by atoms with Crippen molar-refractivity contribution in [1.29, 1.82) is 0 Å². The van der Waals surface area contributed by atoms with Crippen LogP contribution in [0.4, 0.5) is 10.6 Å². The molecule has 0 spiro atoms. The Morgan fingerprint density at radius 2 is 1.62 bits per heavy atom. The van der Waals surface area contributed by atoms with Gasteiger partial charge in [-0.3, -0.25) is 5.32 Å². The third kappa shape index (κ3) is 3.55. The van der Waals surface area contributed by atoms with Gasteiger partial charge >= 0.3 is 6.03 Å². The Morgan fingerprint density at radius 3 is 2.25 bits per heavy atom. The molecule has 0 radical (unpaired) electrons. The van der Waals surface area contributed by atoms with Crippen LogP contribution in [0.15, 0.2) is 59.6 Å². The van der Waals surface area contributed by atoms with E-state index < -0.39 is 10.0 Å². The van der Waals surface area contributed by atoms with Gasteiger partial charge in [-0.1, -0.05) is 24.3 Å². The molecule has 1 aromatic carbocycles. The van der Waals surface area contributed by atoms with Crippen LogP contribution in [0.5, 0.6) is 0 Å². The average Bonchev–Trinajstić information content (AvgIpc) is 2.63. The molecule has 1 aliphatic heterocycles. The molecule has 126 valence electrons. The normalized spacial score (nSPS) is 15.9. The fourth-order valence-electron chi connectivity index (χ4n) is 2.50. The van der Waals surface area contributed by atoms with Gasteiger partial charge < -0.3 is 4.90 Å². The monoisotopic (exact) mass is 346 g/mol. The molecule has 2 heterocycles. The van der Waals surface area contributed by atoms with Crippen molar-refractivity contribution in [2.75, 3.05) is 31.5 Å². The van der Waals surface area contributed by atoms with E-state index in [-0.39, 0.29) is 24.0 Å². The second-order valence-electron chi connectivity index (χ2n) is 5.35. The summed E-state index contributed by atoms with van der Waals surface area (Å²) in [6, 6.07) is 13.3. The average molecular weight is 346 g/mol. The van der Waals surface area contributed by atoms with Crippen molar-refractivity contribution in [1.82, 2.24) is 14.2 Å². The number of nitrogens with one attached hydrogen (secondary N) is 1. The fraction of sp³-hybridized carbons (Fsp3) is 0.250. The highest BCUT2D eigenvalue weighted by molar-refractivity contribution is 7.89. The second-order valence-corrected chi connectivity index (χ2v) is 7.29. The summed E-state index contributed by atoms with van der Waals surface area (Å²) in [7, 11) is -3.51. The molecule has 2 aromatic rings. The van der Waals surface area contributed by atoms with E-state index in [4.69, 9.17) is 0 Å². The molecular formula is C16H18N4O3S. The minimum absolute atomic E-state index is 0.271. The smallest absolute Gasteiger partial charge is 0.322 e. The lowest BCUT2D eigenvalue weighted by atomic mass is 10.4. The highest BCUT2D eigenvalue weighted by Crippen LogP contribution is 2.17. The third-order valence-electron chi connectivity index (χ3n) is 3.81. The van der Waals surface area contributed by atoms with Gasteiger partial charge in [0.05, 0.1) is 4.90 Å². The molecule has 1 N–H and O–H groups in total. The van der Waals surface area contributed by atoms with Crippen LogP contribution in [0, 0.1) is 0 Å². The Kier molecular flexibility index (Phi) is 4.77. The van der Waals surface area contributed by atoms with Crippen molar-refractivity contribution in [2.24, 2.45) is 0 Å². The molecule has 0 atom stereocenters. The highest BCUT2D eigenvalue weighted by Gasteiger charge is 2.30. The molecule has 0 saturated carbocycles. The zero-order valence-electron chi connectivity index (χ0n) is 13.0. The lowest BCUT2D eigenvalue weighted by Crippen LogP contribution is -2.51. The van der Waals surface area contributed by atoms with Gasteiger partial charge in [-0.2, -0.15) is 4.31 Å². The lowest BCUT2D eigenvalue weighted by molar-refractivity contribution is 0.184. The quantitative estimate of drug-likeness (QED) is 0.915. The Bertz CT molecular complexity index is 789. The maximum absolute atomic E-state index is 12.6. The molecule has 2 amide bonds. The number of rotatable bonds is 3. The molecule has 1 saturated heterocycles. The molecule has 0 aliphatic carbocycles. The second kappa shape index (κ2) is 6.98. The largest absolute Gasteiger partial charge is 0.323 e. The van der Waals surface area contributed by atoms with E-state index in [0.717, 1.165) is 0 Å². The minimum atomic E-state index is -3.51. The zero-order chi connectivity index (χ0) is 17.0. The van der Waals surface area contributed by atoms with E-state index in [1.807, 2.05) is 0 Å². The Morgan fingerprint density at radius 1 is 0.958 bits per heavy atom. The van der Waals surface area contributed by atoms with Crippen LogP contribution in [0.1, 0.15) is 0 Å². The molecule has 0 bridgehead atoms. The molecular weight excluding hydrogens is 328 g/mol. The SMILES string of the molecule is O=C(Nc1ccccn1)N1CCN(S(=O)(=O)c2ccccc2)CC1. The van der Waals surface area contributed by atoms with Crippen molar-refractivity contribution >= 4 is 21.9 Å². The molecule has 24 heavy (non-hydrogen) atoms. The first-order valence-electron chi connectivity index (χ1n) is 7.59. The van der Waals surface area contributed by atoms with Crippen molar-refractivity contribution < 1.29 is 13.2 Å². The lowest BCUT2D eigenvalue weighted by Gasteiger charge is -2.33. The van der Waals surface area contributed by atoms with Crippen LogP contribution in [-0.4, -0.2) is 54.8 Å². The number of urea groups is 1. The molecule has 1 fully saturated rings. The van der Waals surface area contributed by atoms with Gasteiger partial charge in [0.1, 0.15) is 5.82 Å². The zero-order valence-corrected chi connectivity index (χ0v) is 13.8. The van der Waals surface area contributed by atoms with Gasteiger partial charge in [-0.05, 0) is 24.3 Å². The number of carbonyl (C=O) groups is 1. The highest BCUT2D eigenvalue weighted by atomic mass is 32.2.